The van der Waals surface area contributed by atoms with Crippen LogP contribution in [0.4, 0.5) is 0 Å². The molecular formula is C10H20N2O3. The van der Waals surface area contributed by atoms with Crippen molar-refractivity contribution in [3.63, 3.8) is 0 Å². The number of carbonyl (C=O) groups is 1. The van der Waals surface area contributed by atoms with E-state index in [1.165, 1.54) is 0 Å². The molecule has 0 aromatic carbocycles. The van der Waals surface area contributed by atoms with Crippen LogP contribution in [0.1, 0.15) is 19.3 Å². The first-order chi connectivity index (χ1) is 7.22. The van der Waals surface area contributed by atoms with E-state index >= 15 is 0 Å². The predicted molar refractivity (Wildman–Crippen MR) is 56.3 cm³/mol. The van der Waals surface area contributed by atoms with Crippen LogP contribution in [-0.2, 0) is 9.53 Å². The summed E-state index contributed by atoms with van der Waals surface area (Å²) in [5, 5.41) is 11.6. The lowest BCUT2D eigenvalue weighted by Gasteiger charge is -2.14. The molecule has 0 bridgehead atoms. The Hall–Kier alpha value is -0.650. The van der Waals surface area contributed by atoms with Crippen molar-refractivity contribution in [3.05, 3.63) is 0 Å². The van der Waals surface area contributed by atoms with Gasteiger partial charge in [0.25, 0.3) is 0 Å². The van der Waals surface area contributed by atoms with Crippen LogP contribution >= 0.6 is 0 Å². The molecule has 0 heterocycles. The fraction of sp³-hybridized carbons (Fsp3) is 0.900. The molecular weight excluding hydrogens is 196 g/mol. The van der Waals surface area contributed by atoms with Gasteiger partial charge < -0.3 is 20.9 Å². The van der Waals surface area contributed by atoms with Crippen molar-refractivity contribution in [3.8, 4) is 0 Å². The van der Waals surface area contributed by atoms with Crippen LogP contribution < -0.4 is 11.1 Å². The van der Waals surface area contributed by atoms with Gasteiger partial charge in [0.2, 0.25) is 5.91 Å². The number of nitrogens with two attached hydrogens (primary N) is 1. The smallest absolute Gasteiger partial charge is 0.246 e. The summed E-state index contributed by atoms with van der Waals surface area (Å²) in [6.45, 7) is 1.77. The van der Waals surface area contributed by atoms with Gasteiger partial charge in [0, 0.05) is 19.7 Å². The number of hydrogen-bond acceptors (Lipinski definition) is 4. The molecule has 15 heavy (non-hydrogen) atoms. The molecule has 0 aliphatic heterocycles. The van der Waals surface area contributed by atoms with Crippen molar-refractivity contribution >= 4 is 5.91 Å². The van der Waals surface area contributed by atoms with Crippen molar-refractivity contribution in [2.75, 3.05) is 32.9 Å². The topological polar surface area (TPSA) is 84.6 Å². The SMILES string of the molecule is NCCOCC(=O)NCC1(CCO)CC1. The van der Waals surface area contributed by atoms with Crippen molar-refractivity contribution in [2.24, 2.45) is 11.1 Å². The zero-order chi connectivity index (χ0) is 11.1. The minimum Gasteiger partial charge on any atom is -0.396 e. The molecule has 4 N–H and O–H groups in total. The zero-order valence-electron chi connectivity index (χ0n) is 9.00. The Morgan fingerprint density at radius 3 is 2.80 bits per heavy atom. The number of nitrogens with one attached hydrogen (secondary N) is 1. The van der Waals surface area contributed by atoms with Gasteiger partial charge >= 0.3 is 0 Å². The van der Waals surface area contributed by atoms with Gasteiger partial charge in [0.1, 0.15) is 6.61 Å². The molecule has 0 spiro atoms. The molecule has 0 radical (unpaired) electrons. The van der Waals surface area contributed by atoms with E-state index in [9.17, 15) is 4.79 Å². The molecule has 0 unspecified atom stereocenters. The maximum Gasteiger partial charge on any atom is 0.246 e. The molecule has 1 rings (SSSR count). The van der Waals surface area contributed by atoms with Gasteiger partial charge in [0.15, 0.2) is 0 Å². The summed E-state index contributed by atoms with van der Waals surface area (Å²) in [7, 11) is 0. The molecule has 1 aliphatic rings. The average Bonchev–Trinajstić information content (AvgIpc) is 2.97. The highest BCUT2D eigenvalue weighted by molar-refractivity contribution is 5.77. The van der Waals surface area contributed by atoms with Gasteiger partial charge in [-0.1, -0.05) is 0 Å². The van der Waals surface area contributed by atoms with Gasteiger partial charge in [-0.25, -0.2) is 0 Å². The van der Waals surface area contributed by atoms with E-state index in [2.05, 4.69) is 5.32 Å². The number of hydrogen-bond donors (Lipinski definition) is 3. The van der Waals surface area contributed by atoms with Gasteiger partial charge in [-0.3, -0.25) is 4.79 Å². The molecule has 1 saturated carbocycles. The summed E-state index contributed by atoms with van der Waals surface area (Å²) in [5.74, 6) is -0.104. The van der Waals surface area contributed by atoms with Crippen molar-refractivity contribution in [1.82, 2.24) is 5.32 Å². The minimum absolute atomic E-state index is 0.0758. The Kier molecular flexibility index (Phi) is 5.01. The fourth-order valence-corrected chi connectivity index (χ4v) is 1.51. The molecule has 0 saturated heterocycles. The molecule has 88 valence electrons. The summed E-state index contributed by atoms with van der Waals surface area (Å²) < 4.78 is 5.00. The number of rotatable bonds is 8. The summed E-state index contributed by atoms with van der Waals surface area (Å²) >= 11 is 0. The second kappa shape index (κ2) is 6.05. The lowest BCUT2D eigenvalue weighted by molar-refractivity contribution is -0.125. The van der Waals surface area contributed by atoms with Gasteiger partial charge in [-0.15, -0.1) is 0 Å². The third-order valence-corrected chi connectivity index (χ3v) is 2.76. The molecule has 0 atom stereocenters. The fourth-order valence-electron chi connectivity index (χ4n) is 1.51. The van der Waals surface area contributed by atoms with E-state index in [4.69, 9.17) is 15.6 Å². The highest BCUT2D eigenvalue weighted by atomic mass is 16.5. The van der Waals surface area contributed by atoms with E-state index in [1.807, 2.05) is 0 Å². The summed E-state index contributed by atoms with van der Waals surface area (Å²) in [4.78, 5) is 11.3. The highest BCUT2D eigenvalue weighted by Gasteiger charge is 2.41. The Morgan fingerprint density at radius 2 is 2.27 bits per heavy atom. The highest BCUT2D eigenvalue weighted by Crippen LogP contribution is 2.47. The van der Waals surface area contributed by atoms with E-state index in [1.54, 1.807) is 0 Å². The third kappa shape index (κ3) is 4.59. The van der Waals surface area contributed by atoms with Crippen LogP contribution in [0.3, 0.4) is 0 Å². The second-order valence-corrected chi connectivity index (χ2v) is 4.09. The number of ether oxygens (including phenoxy) is 1. The molecule has 0 aromatic rings. The monoisotopic (exact) mass is 216 g/mol. The van der Waals surface area contributed by atoms with E-state index in [0.29, 0.717) is 19.7 Å². The van der Waals surface area contributed by atoms with Gasteiger partial charge in [0.05, 0.1) is 6.61 Å². The van der Waals surface area contributed by atoms with Crippen LogP contribution in [0, 0.1) is 5.41 Å². The van der Waals surface area contributed by atoms with E-state index < -0.39 is 0 Å². The zero-order valence-corrected chi connectivity index (χ0v) is 9.00. The quantitative estimate of drug-likeness (QED) is 0.466. The maximum absolute atomic E-state index is 11.3. The lowest BCUT2D eigenvalue weighted by Crippen LogP contribution is -2.33. The van der Waals surface area contributed by atoms with Crippen molar-refractivity contribution < 1.29 is 14.6 Å². The molecule has 1 amide bonds. The first kappa shape index (κ1) is 12.4. The Labute approximate surface area is 90.0 Å². The Bertz CT molecular complexity index is 205. The van der Waals surface area contributed by atoms with E-state index in [0.717, 1.165) is 19.3 Å². The number of aliphatic hydroxyl groups excluding tert-OH is 1. The van der Waals surface area contributed by atoms with Crippen LogP contribution in [-0.4, -0.2) is 43.9 Å². The summed E-state index contributed by atoms with van der Waals surface area (Å²) in [6, 6.07) is 0. The van der Waals surface area contributed by atoms with Crippen LogP contribution in [0.5, 0.6) is 0 Å². The minimum atomic E-state index is -0.104. The second-order valence-electron chi connectivity index (χ2n) is 4.09. The maximum atomic E-state index is 11.3. The first-order valence-corrected chi connectivity index (χ1v) is 5.38. The number of carbonyl (C=O) groups excluding carboxylic acids is 1. The Morgan fingerprint density at radius 1 is 1.53 bits per heavy atom. The van der Waals surface area contributed by atoms with Gasteiger partial charge in [-0.05, 0) is 24.7 Å². The van der Waals surface area contributed by atoms with Crippen molar-refractivity contribution in [2.45, 2.75) is 19.3 Å². The summed E-state index contributed by atoms with van der Waals surface area (Å²) in [5.41, 5.74) is 5.39. The lowest BCUT2D eigenvalue weighted by atomic mass is 10.0. The third-order valence-electron chi connectivity index (χ3n) is 2.76. The van der Waals surface area contributed by atoms with Crippen molar-refractivity contribution in [1.29, 1.82) is 0 Å². The van der Waals surface area contributed by atoms with Crippen LogP contribution in [0.2, 0.25) is 0 Å². The standard InChI is InChI=1S/C10H20N2O3/c11-4-6-15-7-9(14)12-8-10(1-2-10)3-5-13/h13H,1-8,11H2,(H,12,14). The molecule has 0 aromatic heterocycles. The Balaban J connectivity index is 2.06. The molecule has 1 fully saturated rings. The molecule has 5 nitrogen and oxygen atoms in total. The number of aliphatic hydroxyl groups is 1. The number of amides is 1. The van der Waals surface area contributed by atoms with Crippen LogP contribution in [0.25, 0.3) is 0 Å². The normalized spacial score (nSPS) is 17.5. The molecule has 5 heteroatoms. The van der Waals surface area contributed by atoms with Gasteiger partial charge in [-0.2, -0.15) is 0 Å². The predicted octanol–water partition coefficient (Wildman–Crippen LogP) is -0.759. The largest absolute Gasteiger partial charge is 0.396 e. The first-order valence-electron chi connectivity index (χ1n) is 5.38. The molecule has 1 aliphatic carbocycles. The van der Waals surface area contributed by atoms with Crippen LogP contribution in [0.15, 0.2) is 0 Å². The average molecular weight is 216 g/mol. The van der Waals surface area contributed by atoms with E-state index in [-0.39, 0.29) is 24.5 Å². The summed E-state index contributed by atoms with van der Waals surface area (Å²) in [6.07, 6.45) is 2.96.